The topological polar surface area (TPSA) is 29.9 Å². The first-order valence-corrected chi connectivity index (χ1v) is 7.49. The first-order valence-electron chi connectivity index (χ1n) is 7.49. The number of rotatable bonds is 7. The summed E-state index contributed by atoms with van der Waals surface area (Å²) in [5.74, 6) is 0. The van der Waals surface area contributed by atoms with Gasteiger partial charge in [0.2, 0.25) is 0 Å². The quantitative estimate of drug-likeness (QED) is 0.837. The number of aromatic nitrogens is 2. The van der Waals surface area contributed by atoms with E-state index in [1.807, 2.05) is 17.9 Å². The Labute approximate surface area is 122 Å². The summed E-state index contributed by atoms with van der Waals surface area (Å²) in [7, 11) is 1.96. The minimum Gasteiger partial charge on any atom is -0.310 e. The van der Waals surface area contributed by atoms with Crippen molar-refractivity contribution in [3.05, 3.63) is 53.3 Å². The van der Waals surface area contributed by atoms with Gasteiger partial charge in [-0.1, -0.05) is 37.6 Å². The fraction of sp³-hybridized carbons (Fsp3) is 0.471. The second-order valence-electron chi connectivity index (χ2n) is 5.40. The van der Waals surface area contributed by atoms with Gasteiger partial charge in [0.25, 0.3) is 0 Å². The Morgan fingerprint density at radius 2 is 1.90 bits per heavy atom. The van der Waals surface area contributed by atoms with Gasteiger partial charge < -0.3 is 5.32 Å². The van der Waals surface area contributed by atoms with Crippen LogP contribution in [0, 0.1) is 0 Å². The molecule has 1 unspecified atom stereocenters. The van der Waals surface area contributed by atoms with Gasteiger partial charge in [-0.3, -0.25) is 4.68 Å². The second-order valence-corrected chi connectivity index (χ2v) is 5.40. The lowest BCUT2D eigenvalue weighted by Crippen LogP contribution is -2.21. The lowest BCUT2D eigenvalue weighted by molar-refractivity contribution is 0.571. The van der Waals surface area contributed by atoms with E-state index in [0.717, 1.165) is 18.7 Å². The maximum Gasteiger partial charge on any atom is 0.0637 e. The molecule has 1 heterocycles. The molecule has 0 spiro atoms. The number of benzene rings is 1. The van der Waals surface area contributed by atoms with Crippen LogP contribution in [0.1, 0.15) is 43.1 Å². The fourth-order valence-electron chi connectivity index (χ4n) is 2.39. The molecule has 0 radical (unpaired) electrons. The highest BCUT2D eigenvalue weighted by Crippen LogP contribution is 2.14. The Kier molecular flexibility index (Phi) is 5.36. The first kappa shape index (κ1) is 14.8. The minimum atomic E-state index is 0.384. The molecule has 108 valence electrons. The smallest absolute Gasteiger partial charge is 0.0637 e. The predicted molar refractivity (Wildman–Crippen MR) is 83.8 cm³/mol. The molecule has 1 aromatic carbocycles. The highest BCUT2D eigenvalue weighted by Gasteiger charge is 2.05. The summed E-state index contributed by atoms with van der Waals surface area (Å²) in [6.45, 7) is 5.39. The summed E-state index contributed by atoms with van der Waals surface area (Å²) in [5, 5.41) is 7.95. The third-order valence-corrected chi connectivity index (χ3v) is 3.62. The van der Waals surface area contributed by atoms with E-state index in [-0.39, 0.29) is 0 Å². The van der Waals surface area contributed by atoms with Crippen LogP contribution in [-0.2, 0) is 19.9 Å². The van der Waals surface area contributed by atoms with Crippen LogP contribution in [0.5, 0.6) is 0 Å². The minimum absolute atomic E-state index is 0.384. The van der Waals surface area contributed by atoms with Crippen LogP contribution in [-0.4, -0.2) is 16.3 Å². The monoisotopic (exact) mass is 271 g/mol. The molecule has 0 saturated heterocycles. The molecular formula is C17H25N3. The number of hydrogen-bond donors (Lipinski definition) is 1. The van der Waals surface area contributed by atoms with Crippen molar-refractivity contribution in [2.75, 3.05) is 6.54 Å². The van der Waals surface area contributed by atoms with Crippen molar-refractivity contribution in [1.29, 1.82) is 0 Å². The van der Waals surface area contributed by atoms with Gasteiger partial charge in [-0.05, 0) is 30.5 Å². The summed E-state index contributed by atoms with van der Waals surface area (Å²) >= 11 is 0. The average molecular weight is 271 g/mol. The second kappa shape index (κ2) is 7.25. The summed E-state index contributed by atoms with van der Waals surface area (Å²) in [6, 6.07) is 11.4. The number of aryl methyl sites for hydroxylation is 2. The number of hydrogen-bond acceptors (Lipinski definition) is 2. The van der Waals surface area contributed by atoms with Crippen molar-refractivity contribution in [3.63, 3.8) is 0 Å². The van der Waals surface area contributed by atoms with Gasteiger partial charge in [0, 0.05) is 32.3 Å². The standard InChI is InChI=1S/C17H25N3/c1-4-5-15-6-8-16(9-7-15)14(2)18-12-10-17-11-13-20(3)19-17/h6-9,11,13-14,18H,4-5,10,12H2,1-3H3. The summed E-state index contributed by atoms with van der Waals surface area (Å²) < 4.78 is 1.85. The molecule has 0 aliphatic heterocycles. The zero-order valence-electron chi connectivity index (χ0n) is 12.8. The third kappa shape index (κ3) is 4.20. The molecule has 1 N–H and O–H groups in total. The SMILES string of the molecule is CCCc1ccc(C(C)NCCc2ccn(C)n2)cc1. The van der Waals surface area contributed by atoms with E-state index in [0.29, 0.717) is 6.04 Å². The summed E-state index contributed by atoms with van der Waals surface area (Å²) in [5.41, 5.74) is 3.92. The molecule has 0 bridgehead atoms. The van der Waals surface area contributed by atoms with Crippen LogP contribution < -0.4 is 5.32 Å². The van der Waals surface area contributed by atoms with Crippen molar-refractivity contribution in [2.45, 2.75) is 39.2 Å². The molecule has 2 rings (SSSR count). The highest BCUT2D eigenvalue weighted by atomic mass is 15.2. The van der Waals surface area contributed by atoms with Gasteiger partial charge in [-0.15, -0.1) is 0 Å². The van der Waals surface area contributed by atoms with Crippen molar-refractivity contribution < 1.29 is 0 Å². The predicted octanol–water partition coefficient (Wildman–Crippen LogP) is 3.27. The van der Waals surface area contributed by atoms with Crippen molar-refractivity contribution in [3.8, 4) is 0 Å². The maximum atomic E-state index is 4.39. The molecule has 0 fully saturated rings. The van der Waals surface area contributed by atoms with Crippen LogP contribution >= 0.6 is 0 Å². The molecule has 1 aromatic heterocycles. The van der Waals surface area contributed by atoms with Crippen LogP contribution in [0.4, 0.5) is 0 Å². The van der Waals surface area contributed by atoms with E-state index >= 15 is 0 Å². The van der Waals surface area contributed by atoms with Gasteiger partial charge in [0.1, 0.15) is 0 Å². The van der Waals surface area contributed by atoms with Crippen LogP contribution in [0.15, 0.2) is 36.5 Å². The Morgan fingerprint density at radius 3 is 2.50 bits per heavy atom. The third-order valence-electron chi connectivity index (χ3n) is 3.62. The van der Waals surface area contributed by atoms with Crippen LogP contribution in [0.3, 0.4) is 0 Å². The molecule has 0 saturated carbocycles. The van der Waals surface area contributed by atoms with E-state index in [9.17, 15) is 0 Å². The number of nitrogens with one attached hydrogen (secondary N) is 1. The van der Waals surface area contributed by atoms with E-state index in [1.54, 1.807) is 0 Å². The zero-order valence-corrected chi connectivity index (χ0v) is 12.8. The van der Waals surface area contributed by atoms with E-state index in [2.05, 4.69) is 54.6 Å². The Bertz CT molecular complexity index is 513. The maximum absolute atomic E-state index is 4.39. The molecule has 0 aliphatic carbocycles. The lowest BCUT2D eigenvalue weighted by Gasteiger charge is -2.14. The largest absolute Gasteiger partial charge is 0.310 e. The zero-order chi connectivity index (χ0) is 14.4. The molecule has 2 aromatic rings. The average Bonchev–Trinajstić information content (AvgIpc) is 2.85. The highest BCUT2D eigenvalue weighted by molar-refractivity contribution is 5.24. The van der Waals surface area contributed by atoms with Crippen molar-refractivity contribution in [2.24, 2.45) is 7.05 Å². The first-order chi connectivity index (χ1) is 9.69. The van der Waals surface area contributed by atoms with Gasteiger partial charge in [0.05, 0.1) is 5.69 Å². The Morgan fingerprint density at radius 1 is 1.15 bits per heavy atom. The Hall–Kier alpha value is -1.61. The van der Waals surface area contributed by atoms with Gasteiger partial charge in [-0.2, -0.15) is 5.10 Å². The molecule has 3 nitrogen and oxygen atoms in total. The number of nitrogens with zero attached hydrogens (tertiary/aromatic N) is 2. The molecule has 0 aliphatic rings. The lowest BCUT2D eigenvalue weighted by atomic mass is 10.0. The molecule has 0 amide bonds. The summed E-state index contributed by atoms with van der Waals surface area (Å²) in [4.78, 5) is 0. The van der Waals surface area contributed by atoms with Gasteiger partial charge in [0.15, 0.2) is 0 Å². The van der Waals surface area contributed by atoms with Crippen molar-refractivity contribution in [1.82, 2.24) is 15.1 Å². The van der Waals surface area contributed by atoms with Crippen LogP contribution in [0.25, 0.3) is 0 Å². The molecule has 1 atom stereocenters. The summed E-state index contributed by atoms with van der Waals surface area (Å²) in [6.07, 6.45) is 5.34. The van der Waals surface area contributed by atoms with E-state index in [4.69, 9.17) is 0 Å². The van der Waals surface area contributed by atoms with Gasteiger partial charge in [-0.25, -0.2) is 0 Å². The van der Waals surface area contributed by atoms with Crippen molar-refractivity contribution >= 4 is 0 Å². The fourth-order valence-corrected chi connectivity index (χ4v) is 2.39. The molecule has 3 heteroatoms. The van der Waals surface area contributed by atoms with Crippen LogP contribution in [0.2, 0.25) is 0 Å². The Balaban J connectivity index is 1.80. The van der Waals surface area contributed by atoms with Gasteiger partial charge >= 0.3 is 0 Å². The molecule has 20 heavy (non-hydrogen) atoms. The normalized spacial score (nSPS) is 12.6. The molecular weight excluding hydrogens is 246 g/mol. The van der Waals surface area contributed by atoms with E-state index in [1.165, 1.54) is 24.0 Å². The van der Waals surface area contributed by atoms with E-state index < -0.39 is 0 Å².